The number of ketones is 1. The van der Waals surface area contributed by atoms with Gasteiger partial charge in [0.1, 0.15) is 5.70 Å². The monoisotopic (exact) mass is 546 g/mol. The molecule has 37 heavy (non-hydrogen) atoms. The molecule has 2 N–H and O–H groups in total. The summed E-state index contributed by atoms with van der Waals surface area (Å²) in [5.74, 6) is -1.11. The van der Waals surface area contributed by atoms with E-state index in [2.05, 4.69) is 10.6 Å². The van der Waals surface area contributed by atoms with Crippen LogP contribution in [0.2, 0.25) is 10.0 Å². The van der Waals surface area contributed by atoms with E-state index >= 15 is 0 Å². The molecule has 8 heteroatoms. The summed E-state index contributed by atoms with van der Waals surface area (Å²) in [4.78, 5) is 39.1. The lowest BCUT2D eigenvalue weighted by atomic mass is 10.1. The van der Waals surface area contributed by atoms with E-state index in [0.29, 0.717) is 32.4 Å². The van der Waals surface area contributed by atoms with Crippen LogP contribution in [0.15, 0.2) is 102 Å². The van der Waals surface area contributed by atoms with Crippen molar-refractivity contribution in [3.05, 3.63) is 134 Å². The van der Waals surface area contributed by atoms with Crippen LogP contribution in [0.4, 0.5) is 5.69 Å². The standard InChI is InChI=1S/C29H20Cl2N2O3S/c30-22-12-8-19(25(31)17-22)11-15-27(34)20-9-13-23(14-10-20)32-29(36)26(18-24-7-4-16-37-24)33-28(35)21-5-2-1-3-6-21/h1-18H,(H,32,36)(H,33,35)/b15-11+,26-18-. The van der Waals surface area contributed by atoms with Gasteiger partial charge in [0.05, 0.1) is 0 Å². The van der Waals surface area contributed by atoms with Gasteiger partial charge in [-0.2, -0.15) is 0 Å². The summed E-state index contributed by atoms with van der Waals surface area (Å²) in [6.07, 6.45) is 4.66. The molecule has 0 aliphatic rings. The number of hydrogen-bond donors (Lipinski definition) is 2. The van der Waals surface area contributed by atoms with Crippen molar-refractivity contribution in [2.45, 2.75) is 0 Å². The number of benzene rings is 3. The van der Waals surface area contributed by atoms with E-state index in [1.165, 1.54) is 17.4 Å². The van der Waals surface area contributed by atoms with Gasteiger partial charge in [0.2, 0.25) is 0 Å². The number of hydrogen-bond acceptors (Lipinski definition) is 4. The number of allylic oxidation sites excluding steroid dienone is 1. The minimum atomic E-state index is -0.492. The first-order valence-electron chi connectivity index (χ1n) is 11.1. The van der Waals surface area contributed by atoms with Crippen LogP contribution < -0.4 is 10.6 Å². The molecule has 0 atom stereocenters. The number of anilines is 1. The van der Waals surface area contributed by atoms with E-state index in [-0.39, 0.29) is 11.5 Å². The van der Waals surface area contributed by atoms with E-state index in [4.69, 9.17) is 23.2 Å². The van der Waals surface area contributed by atoms with Gasteiger partial charge in [-0.3, -0.25) is 14.4 Å². The van der Waals surface area contributed by atoms with Crippen LogP contribution in [0.25, 0.3) is 12.2 Å². The zero-order valence-electron chi connectivity index (χ0n) is 19.3. The maximum atomic E-state index is 13.1. The van der Waals surface area contributed by atoms with E-state index in [0.717, 1.165) is 4.88 Å². The number of rotatable bonds is 8. The Labute approximate surface area is 228 Å². The lowest BCUT2D eigenvalue weighted by molar-refractivity contribution is -0.113. The Morgan fingerprint density at radius 3 is 2.24 bits per heavy atom. The highest BCUT2D eigenvalue weighted by Crippen LogP contribution is 2.22. The molecule has 0 unspecified atom stereocenters. The van der Waals surface area contributed by atoms with Crippen molar-refractivity contribution in [3.8, 4) is 0 Å². The van der Waals surface area contributed by atoms with Crippen molar-refractivity contribution in [2.24, 2.45) is 0 Å². The van der Waals surface area contributed by atoms with Crippen molar-refractivity contribution in [1.29, 1.82) is 0 Å². The molecule has 4 aromatic rings. The Morgan fingerprint density at radius 2 is 1.57 bits per heavy atom. The first-order valence-corrected chi connectivity index (χ1v) is 12.7. The second-order valence-electron chi connectivity index (χ2n) is 7.79. The second-order valence-corrected chi connectivity index (χ2v) is 9.61. The summed E-state index contributed by atoms with van der Waals surface area (Å²) >= 11 is 13.5. The highest BCUT2D eigenvalue weighted by Gasteiger charge is 2.15. The molecule has 0 saturated heterocycles. The third-order valence-corrected chi connectivity index (χ3v) is 6.54. The van der Waals surface area contributed by atoms with Crippen molar-refractivity contribution in [1.82, 2.24) is 5.32 Å². The Morgan fingerprint density at radius 1 is 0.811 bits per heavy atom. The zero-order chi connectivity index (χ0) is 26.2. The molecular weight excluding hydrogens is 527 g/mol. The van der Waals surface area contributed by atoms with Crippen molar-refractivity contribution in [2.75, 3.05) is 5.32 Å². The molecule has 0 fully saturated rings. The second kappa shape index (κ2) is 12.3. The summed E-state index contributed by atoms with van der Waals surface area (Å²) in [6.45, 7) is 0. The van der Waals surface area contributed by atoms with E-state index < -0.39 is 11.8 Å². The molecule has 0 radical (unpaired) electrons. The Bertz CT molecular complexity index is 1480. The smallest absolute Gasteiger partial charge is 0.272 e. The molecule has 5 nitrogen and oxygen atoms in total. The normalized spacial score (nSPS) is 11.4. The predicted octanol–water partition coefficient (Wildman–Crippen LogP) is 7.36. The average Bonchev–Trinajstić information content (AvgIpc) is 3.42. The first-order chi connectivity index (χ1) is 17.9. The molecule has 0 aliphatic heterocycles. The molecule has 0 aliphatic carbocycles. The summed E-state index contributed by atoms with van der Waals surface area (Å²) in [5, 5.41) is 8.31. The predicted molar refractivity (Wildman–Crippen MR) is 151 cm³/mol. The fourth-order valence-electron chi connectivity index (χ4n) is 3.27. The molecule has 184 valence electrons. The SMILES string of the molecule is O=C(Nc1ccc(C(=O)/C=C/c2ccc(Cl)cc2Cl)cc1)/C(=C/c1cccs1)NC(=O)c1ccccc1. The Kier molecular flexibility index (Phi) is 8.69. The van der Waals surface area contributed by atoms with Gasteiger partial charge in [-0.1, -0.05) is 53.5 Å². The summed E-state index contributed by atoms with van der Waals surface area (Å²) < 4.78 is 0. The quantitative estimate of drug-likeness (QED) is 0.179. The van der Waals surface area contributed by atoms with Crippen molar-refractivity contribution in [3.63, 3.8) is 0 Å². The van der Waals surface area contributed by atoms with Crippen LogP contribution in [0.5, 0.6) is 0 Å². The number of amides is 2. The van der Waals surface area contributed by atoms with Gasteiger partial charge in [0.25, 0.3) is 11.8 Å². The zero-order valence-corrected chi connectivity index (χ0v) is 21.6. The maximum Gasteiger partial charge on any atom is 0.272 e. The summed E-state index contributed by atoms with van der Waals surface area (Å²) in [6, 6.07) is 23.8. The molecule has 3 aromatic carbocycles. The number of halogens is 2. The fourth-order valence-corrected chi connectivity index (χ4v) is 4.40. The molecule has 0 spiro atoms. The number of thiophene rings is 1. The summed E-state index contributed by atoms with van der Waals surface area (Å²) in [5.41, 5.74) is 2.11. The minimum absolute atomic E-state index is 0.0965. The van der Waals surface area contributed by atoms with E-state index in [9.17, 15) is 14.4 Å². The van der Waals surface area contributed by atoms with Crippen LogP contribution in [0, 0.1) is 0 Å². The molecule has 4 rings (SSSR count). The molecule has 1 heterocycles. The third-order valence-electron chi connectivity index (χ3n) is 5.16. The van der Waals surface area contributed by atoms with Crippen LogP contribution in [0.1, 0.15) is 31.2 Å². The molecule has 0 saturated carbocycles. The van der Waals surface area contributed by atoms with Crippen LogP contribution in [-0.2, 0) is 4.79 Å². The van der Waals surface area contributed by atoms with Crippen LogP contribution in [-0.4, -0.2) is 17.6 Å². The molecule has 1 aromatic heterocycles. The van der Waals surface area contributed by atoms with Gasteiger partial charge in [-0.05, 0) is 83.8 Å². The molecule has 0 bridgehead atoms. The first kappa shape index (κ1) is 26.1. The number of carbonyl (C=O) groups is 3. The Hall–Kier alpha value is -3.97. The largest absolute Gasteiger partial charge is 0.321 e. The van der Waals surface area contributed by atoms with Crippen LogP contribution >= 0.6 is 34.5 Å². The van der Waals surface area contributed by atoms with E-state index in [1.807, 2.05) is 23.6 Å². The lowest BCUT2D eigenvalue weighted by Gasteiger charge is -2.11. The molecular formula is C29H20Cl2N2O3S. The highest BCUT2D eigenvalue weighted by atomic mass is 35.5. The van der Waals surface area contributed by atoms with Gasteiger partial charge in [0, 0.05) is 31.7 Å². The highest BCUT2D eigenvalue weighted by molar-refractivity contribution is 7.10. The van der Waals surface area contributed by atoms with E-state index in [1.54, 1.807) is 78.9 Å². The maximum absolute atomic E-state index is 13.1. The number of nitrogens with one attached hydrogen (secondary N) is 2. The average molecular weight is 547 g/mol. The fraction of sp³-hybridized carbons (Fsp3) is 0. The summed E-state index contributed by atoms with van der Waals surface area (Å²) in [7, 11) is 0. The van der Waals surface area contributed by atoms with Crippen molar-refractivity contribution >= 4 is 70.0 Å². The van der Waals surface area contributed by atoms with Gasteiger partial charge in [-0.15, -0.1) is 11.3 Å². The molecule has 2 amide bonds. The van der Waals surface area contributed by atoms with Gasteiger partial charge in [0.15, 0.2) is 5.78 Å². The topological polar surface area (TPSA) is 75.3 Å². The van der Waals surface area contributed by atoms with Crippen molar-refractivity contribution < 1.29 is 14.4 Å². The van der Waals surface area contributed by atoms with Crippen LogP contribution in [0.3, 0.4) is 0 Å². The minimum Gasteiger partial charge on any atom is -0.321 e. The Balaban J connectivity index is 1.46. The van der Waals surface area contributed by atoms with Gasteiger partial charge >= 0.3 is 0 Å². The lowest BCUT2D eigenvalue weighted by Crippen LogP contribution is -2.30. The van der Waals surface area contributed by atoms with Gasteiger partial charge < -0.3 is 10.6 Å². The third kappa shape index (κ3) is 7.27. The van der Waals surface area contributed by atoms with Gasteiger partial charge in [-0.25, -0.2) is 0 Å². The number of carbonyl (C=O) groups excluding carboxylic acids is 3.